The van der Waals surface area contributed by atoms with Gasteiger partial charge in [0.1, 0.15) is 0 Å². The summed E-state index contributed by atoms with van der Waals surface area (Å²) >= 11 is 5.82. The molecule has 0 unspecified atom stereocenters. The molecular formula is C13H14ClNO. The maximum atomic E-state index is 5.82. The van der Waals surface area contributed by atoms with Gasteiger partial charge in [-0.3, -0.25) is 0 Å². The molecule has 84 valence electrons. The minimum absolute atomic E-state index is 0.410. The number of pyridine rings is 1. The summed E-state index contributed by atoms with van der Waals surface area (Å²) in [6.07, 6.45) is 0.973. The molecule has 3 heteroatoms. The Balaban J connectivity index is 2.50. The molecule has 0 aliphatic carbocycles. The van der Waals surface area contributed by atoms with Gasteiger partial charge in [0.25, 0.3) is 0 Å². The van der Waals surface area contributed by atoms with Crippen molar-refractivity contribution >= 4 is 22.4 Å². The Morgan fingerprint density at radius 1 is 1.31 bits per heavy atom. The van der Waals surface area contributed by atoms with Crippen LogP contribution in [0.15, 0.2) is 30.3 Å². The highest BCUT2D eigenvalue weighted by Crippen LogP contribution is 2.25. The molecule has 16 heavy (non-hydrogen) atoms. The van der Waals surface area contributed by atoms with E-state index in [-0.39, 0.29) is 0 Å². The van der Waals surface area contributed by atoms with Gasteiger partial charge in [-0.2, -0.15) is 0 Å². The number of ether oxygens (including phenoxy) is 1. The van der Waals surface area contributed by atoms with E-state index in [1.54, 1.807) is 0 Å². The Hall–Kier alpha value is -1.28. The smallest absolute Gasteiger partial charge is 0.221 e. The van der Waals surface area contributed by atoms with E-state index in [2.05, 4.69) is 11.9 Å². The first-order valence-corrected chi connectivity index (χ1v) is 5.96. The van der Waals surface area contributed by atoms with Crippen molar-refractivity contribution in [2.45, 2.75) is 19.2 Å². The highest BCUT2D eigenvalue weighted by molar-refractivity contribution is 6.17. The van der Waals surface area contributed by atoms with Gasteiger partial charge in [0.15, 0.2) is 0 Å². The standard InChI is InChI=1S/C13H14ClNO/c1-2-7-16-13-12-6-4-3-5-10(12)8-11(9-14)15-13/h3-6,8H,2,7,9H2,1H3. The van der Waals surface area contributed by atoms with E-state index < -0.39 is 0 Å². The topological polar surface area (TPSA) is 22.1 Å². The number of hydrogen-bond donors (Lipinski definition) is 0. The van der Waals surface area contributed by atoms with Crippen molar-refractivity contribution in [2.24, 2.45) is 0 Å². The molecule has 0 fully saturated rings. The van der Waals surface area contributed by atoms with Gasteiger partial charge in [0.05, 0.1) is 18.2 Å². The maximum absolute atomic E-state index is 5.82. The van der Waals surface area contributed by atoms with Crippen LogP contribution in [0.4, 0.5) is 0 Å². The van der Waals surface area contributed by atoms with E-state index in [1.165, 1.54) is 0 Å². The van der Waals surface area contributed by atoms with Crippen molar-refractivity contribution in [3.8, 4) is 5.88 Å². The molecule has 0 saturated heterocycles. The first-order chi connectivity index (χ1) is 7.85. The monoisotopic (exact) mass is 235 g/mol. The first kappa shape index (κ1) is 11.2. The second kappa shape index (κ2) is 5.17. The number of nitrogens with zero attached hydrogens (tertiary/aromatic N) is 1. The van der Waals surface area contributed by atoms with Crippen molar-refractivity contribution in [3.63, 3.8) is 0 Å². The van der Waals surface area contributed by atoms with E-state index in [0.29, 0.717) is 18.4 Å². The zero-order valence-corrected chi connectivity index (χ0v) is 10.00. The van der Waals surface area contributed by atoms with Crippen molar-refractivity contribution < 1.29 is 4.74 Å². The van der Waals surface area contributed by atoms with Gasteiger partial charge in [0.2, 0.25) is 5.88 Å². The summed E-state index contributed by atoms with van der Waals surface area (Å²) in [6.45, 7) is 2.76. The molecule has 0 atom stereocenters. The summed E-state index contributed by atoms with van der Waals surface area (Å²) in [5.74, 6) is 1.10. The van der Waals surface area contributed by atoms with Crippen LogP contribution in [0, 0.1) is 0 Å². The molecule has 0 saturated carbocycles. The van der Waals surface area contributed by atoms with Crippen molar-refractivity contribution in [2.75, 3.05) is 6.61 Å². The molecule has 0 spiro atoms. The summed E-state index contributed by atoms with van der Waals surface area (Å²) < 4.78 is 5.64. The minimum Gasteiger partial charge on any atom is -0.477 e. The maximum Gasteiger partial charge on any atom is 0.221 e. The molecule has 0 N–H and O–H groups in total. The van der Waals surface area contributed by atoms with E-state index in [4.69, 9.17) is 16.3 Å². The van der Waals surface area contributed by atoms with Gasteiger partial charge < -0.3 is 4.74 Å². The fourth-order valence-electron chi connectivity index (χ4n) is 1.60. The quantitative estimate of drug-likeness (QED) is 0.753. The second-order valence-corrected chi connectivity index (χ2v) is 3.89. The summed E-state index contributed by atoms with van der Waals surface area (Å²) in [5.41, 5.74) is 0.853. The Kier molecular flexibility index (Phi) is 3.62. The summed E-state index contributed by atoms with van der Waals surface area (Å²) in [5, 5.41) is 2.17. The summed E-state index contributed by atoms with van der Waals surface area (Å²) in [4.78, 5) is 4.40. The lowest BCUT2D eigenvalue weighted by atomic mass is 10.1. The van der Waals surface area contributed by atoms with E-state index in [0.717, 1.165) is 22.9 Å². The molecule has 2 aromatic rings. The average Bonchev–Trinajstić information content (AvgIpc) is 2.35. The van der Waals surface area contributed by atoms with E-state index in [1.807, 2.05) is 30.3 Å². The molecule has 0 bridgehead atoms. The molecular weight excluding hydrogens is 222 g/mol. The van der Waals surface area contributed by atoms with Gasteiger partial charge in [-0.1, -0.05) is 25.1 Å². The van der Waals surface area contributed by atoms with Crippen LogP contribution in [0.1, 0.15) is 19.0 Å². The molecule has 0 amide bonds. The third-order valence-corrected chi connectivity index (χ3v) is 2.61. The Morgan fingerprint density at radius 2 is 2.12 bits per heavy atom. The number of alkyl halides is 1. The van der Waals surface area contributed by atoms with Crippen LogP contribution in [0.3, 0.4) is 0 Å². The van der Waals surface area contributed by atoms with E-state index >= 15 is 0 Å². The number of halogens is 1. The largest absolute Gasteiger partial charge is 0.477 e. The Bertz CT molecular complexity index is 484. The van der Waals surface area contributed by atoms with E-state index in [9.17, 15) is 0 Å². The molecule has 1 heterocycles. The summed E-state index contributed by atoms with van der Waals surface area (Å²) in [6, 6.07) is 10.1. The normalized spacial score (nSPS) is 10.6. The second-order valence-electron chi connectivity index (χ2n) is 3.62. The number of rotatable bonds is 4. The highest BCUT2D eigenvalue weighted by atomic mass is 35.5. The molecule has 1 aromatic carbocycles. The predicted octanol–water partition coefficient (Wildman–Crippen LogP) is 3.76. The average molecular weight is 236 g/mol. The number of aromatic nitrogens is 1. The van der Waals surface area contributed by atoms with Crippen LogP contribution in [-0.2, 0) is 5.88 Å². The van der Waals surface area contributed by atoms with Crippen molar-refractivity contribution in [3.05, 3.63) is 36.0 Å². The first-order valence-electron chi connectivity index (χ1n) is 5.42. The highest BCUT2D eigenvalue weighted by Gasteiger charge is 2.05. The van der Waals surface area contributed by atoms with Gasteiger partial charge in [-0.15, -0.1) is 11.6 Å². The SMILES string of the molecule is CCCOc1nc(CCl)cc2ccccc12. The predicted molar refractivity (Wildman–Crippen MR) is 67.1 cm³/mol. The molecule has 2 nitrogen and oxygen atoms in total. The van der Waals surface area contributed by atoms with Crippen LogP contribution in [0.25, 0.3) is 10.8 Å². The van der Waals surface area contributed by atoms with Gasteiger partial charge in [-0.25, -0.2) is 4.98 Å². The van der Waals surface area contributed by atoms with Gasteiger partial charge in [0, 0.05) is 5.39 Å². The summed E-state index contributed by atoms with van der Waals surface area (Å²) in [7, 11) is 0. The van der Waals surface area contributed by atoms with Crippen LogP contribution < -0.4 is 4.74 Å². The molecule has 2 rings (SSSR count). The van der Waals surface area contributed by atoms with Crippen LogP contribution in [-0.4, -0.2) is 11.6 Å². The third kappa shape index (κ3) is 2.27. The number of hydrogen-bond acceptors (Lipinski definition) is 2. The van der Waals surface area contributed by atoms with Crippen molar-refractivity contribution in [1.29, 1.82) is 0 Å². The Labute approximate surface area is 100 Å². The molecule has 0 radical (unpaired) electrons. The van der Waals surface area contributed by atoms with Crippen LogP contribution >= 0.6 is 11.6 Å². The number of fused-ring (bicyclic) bond motifs is 1. The lowest BCUT2D eigenvalue weighted by Gasteiger charge is -2.08. The van der Waals surface area contributed by atoms with Crippen LogP contribution in [0.5, 0.6) is 5.88 Å². The molecule has 1 aromatic heterocycles. The lowest BCUT2D eigenvalue weighted by molar-refractivity contribution is 0.309. The fraction of sp³-hybridized carbons (Fsp3) is 0.308. The Morgan fingerprint density at radius 3 is 2.88 bits per heavy atom. The zero-order valence-electron chi connectivity index (χ0n) is 9.24. The van der Waals surface area contributed by atoms with Crippen LogP contribution in [0.2, 0.25) is 0 Å². The van der Waals surface area contributed by atoms with Gasteiger partial charge >= 0.3 is 0 Å². The fourth-order valence-corrected chi connectivity index (χ4v) is 1.73. The third-order valence-electron chi connectivity index (χ3n) is 2.34. The van der Waals surface area contributed by atoms with Crippen molar-refractivity contribution in [1.82, 2.24) is 4.98 Å². The van der Waals surface area contributed by atoms with Gasteiger partial charge in [-0.05, 0) is 23.9 Å². The molecule has 0 aliphatic rings. The zero-order chi connectivity index (χ0) is 11.4. The molecule has 0 aliphatic heterocycles. The number of benzene rings is 1. The lowest BCUT2D eigenvalue weighted by Crippen LogP contribution is -1.99. The minimum atomic E-state index is 0.410.